The molecule has 2 rings (SSSR count). The van der Waals surface area contributed by atoms with Gasteiger partial charge in [-0.05, 0) is 24.5 Å². The quantitative estimate of drug-likeness (QED) is 0.795. The lowest BCUT2D eigenvalue weighted by Gasteiger charge is -2.09. The summed E-state index contributed by atoms with van der Waals surface area (Å²) in [6.45, 7) is 9.95. The molecule has 0 bridgehead atoms. The Hall–Kier alpha value is -2.17. The van der Waals surface area contributed by atoms with E-state index in [-0.39, 0.29) is 11.6 Å². The van der Waals surface area contributed by atoms with Gasteiger partial charge >= 0.3 is 5.97 Å². The summed E-state index contributed by atoms with van der Waals surface area (Å²) in [5.74, 6) is -0.187. The summed E-state index contributed by atoms with van der Waals surface area (Å²) in [7, 11) is 1.34. The number of rotatable bonds is 3. The van der Waals surface area contributed by atoms with Crippen LogP contribution in [0.15, 0.2) is 18.8 Å². The first-order valence-corrected chi connectivity index (χ1v) is 6.08. The van der Waals surface area contributed by atoms with Gasteiger partial charge in [-0.15, -0.1) is 0 Å². The molecule has 0 saturated carbocycles. The van der Waals surface area contributed by atoms with Crippen LogP contribution in [0.25, 0.3) is 11.2 Å². The van der Waals surface area contributed by atoms with Crippen molar-refractivity contribution in [2.24, 2.45) is 0 Å². The van der Waals surface area contributed by atoms with E-state index in [9.17, 15) is 4.79 Å². The van der Waals surface area contributed by atoms with Crippen molar-refractivity contribution in [3.8, 4) is 0 Å². The van der Waals surface area contributed by atoms with Crippen molar-refractivity contribution in [3.05, 3.63) is 35.8 Å². The molecular weight excluding hydrogens is 242 g/mol. The standard InChI is InChI=1S/C14H17N3O2/c1-8(2)10-6-11(9(3)4)16-17-7-12(14(18)19-5)15-13(10)17/h6-8H,3H2,1-2,4-5H3. The van der Waals surface area contributed by atoms with Crippen molar-refractivity contribution in [1.82, 2.24) is 14.6 Å². The first-order valence-electron chi connectivity index (χ1n) is 6.08. The minimum absolute atomic E-state index is 0.260. The Balaban J connectivity index is 2.71. The molecule has 0 amide bonds. The van der Waals surface area contributed by atoms with Gasteiger partial charge in [-0.1, -0.05) is 20.4 Å². The third-order valence-corrected chi connectivity index (χ3v) is 2.91. The maximum Gasteiger partial charge on any atom is 0.358 e. The van der Waals surface area contributed by atoms with E-state index in [1.807, 2.05) is 13.0 Å². The fourth-order valence-electron chi connectivity index (χ4n) is 1.84. The van der Waals surface area contributed by atoms with E-state index in [4.69, 9.17) is 0 Å². The lowest BCUT2D eigenvalue weighted by Crippen LogP contribution is -2.01. The highest BCUT2D eigenvalue weighted by Gasteiger charge is 2.16. The number of ether oxygens (including phenoxy) is 1. The molecule has 0 unspecified atom stereocenters. The van der Waals surface area contributed by atoms with Gasteiger partial charge in [0.2, 0.25) is 0 Å². The summed E-state index contributed by atoms with van der Waals surface area (Å²) in [4.78, 5) is 15.8. The Kier molecular flexibility index (Phi) is 3.38. The zero-order chi connectivity index (χ0) is 14.2. The second-order valence-electron chi connectivity index (χ2n) is 4.81. The fraction of sp³-hybridized carbons (Fsp3) is 0.357. The molecule has 2 aromatic rings. The third kappa shape index (κ3) is 2.36. The topological polar surface area (TPSA) is 56.5 Å². The van der Waals surface area contributed by atoms with E-state index < -0.39 is 5.97 Å². The molecular formula is C14H17N3O2. The van der Waals surface area contributed by atoms with Gasteiger partial charge in [0.1, 0.15) is 0 Å². The van der Waals surface area contributed by atoms with Crippen LogP contribution >= 0.6 is 0 Å². The van der Waals surface area contributed by atoms with Gasteiger partial charge in [-0.2, -0.15) is 5.10 Å². The molecule has 0 aliphatic carbocycles. The molecule has 0 aliphatic heterocycles. The number of imidazole rings is 1. The Morgan fingerprint density at radius 3 is 2.63 bits per heavy atom. The number of carbonyl (C=O) groups excluding carboxylic acids is 1. The van der Waals surface area contributed by atoms with E-state index in [1.54, 1.807) is 10.7 Å². The van der Waals surface area contributed by atoms with Crippen LogP contribution < -0.4 is 0 Å². The number of aromatic nitrogens is 3. The SMILES string of the molecule is C=C(C)c1cc(C(C)C)c2nc(C(=O)OC)cn2n1. The van der Waals surface area contributed by atoms with Crippen LogP contribution in [0.3, 0.4) is 0 Å². The highest BCUT2D eigenvalue weighted by molar-refractivity contribution is 5.88. The molecule has 0 radical (unpaired) electrons. The van der Waals surface area contributed by atoms with Gasteiger partial charge in [0.05, 0.1) is 19.0 Å². The number of allylic oxidation sites excluding steroid dienone is 1. The largest absolute Gasteiger partial charge is 0.464 e. The molecule has 0 N–H and O–H groups in total. The highest BCUT2D eigenvalue weighted by Crippen LogP contribution is 2.23. The van der Waals surface area contributed by atoms with Crippen LogP contribution in [0.5, 0.6) is 0 Å². The van der Waals surface area contributed by atoms with Gasteiger partial charge in [0, 0.05) is 5.56 Å². The summed E-state index contributed by atoms with van der Waals surface area (Å²) < 4.78 is 6.30. The van der Waals surface area contributed by atoms with Crippen molar-refractivity contribution in [1.29, 1.82) is 0 Å². The Bertz CT molecular complexity index is 656. The molecule has 2 aromatic heterocycles. The van der Waals surface area contributed by atoms with Gasteiger partial charge in [0.25, 0.3) is 0 Å². The summed E-state index contributed by atoms with van der Waals surface area (Å²) in [5, 5.41) is 4.40. The predicted octanol–water partition coefficient (Wildman–Crippen LogP) is 2.67. The van der Waals surface area contributed by atoms with E-state index in [1.165, 1.54) is 7.11 Å². The number of fused-ring (bicyclic) bond motifs is 1. The number of methoxy groups -OCH3 is 1. The predicted molar refractivity (Wildman–Crippen MR) is 73.1 cm³/mol. The first-order chi connectivity index (χ1) is 8.93. The van der Waals surface area contributed by atoms with Crippen molar-refractivity contribution in [2.75, 3.05) is 7.11 Å². The van der Waals surface area contributed by atoms with Crippen LogP contribution in [0.2, 0.25) is 0 Å². The van der Waals surface area contributed by atoms with E-state index >= 15 is 0 Å². The van der Waals surface area contributed by atoms with Crippen LogP contribution in [0, 0.1) is 0 Å². The number of esters is 1. The number of hydrogen-bond acceptors (Lipinski definition) is 4. The summed E-state index contributed by atoms with van der Waals surface area (Å²) in [5.41, 5.74) is 3.64. The van der Waals surface area contributed by atoms with Gasteiger partial charge in [0.15, 0.2) is 11.3 Å². The molecule has 0 fully saturated rings. The Labute approximate surface area is 111 Å². The molecule has 19 heavy (non-hydrogen) atoms. The van der Waals surface area contributed by atoms with Gasteiger partial charge in [-0.3, -0.25) is 0 Å². The second-order valence-corrected chi connectivity index (χ2v) is 4.81. The molecule has 0 atom stereocenters. The zero-order valence-electron chi connectivity index (χ0n) is 11.6. The average molecular weight is 259 g/mol. The molecule has 5 heteroatoms. The summed E-state index contributed by atoms with van der Waals surface area (Å²) in [6, 6.07) is 1.97. The molecule has 0 aliphatic rings. The minimum atomic E-state index is -0.461. The van der Waals surface area contributed by atoms with Gasteiger partial charge in [-0.25, -0.2) is 14.3 Å². The van der Waals surface area contributed by atoms with E-state index in [0.29, 0.717) is 5.65 Å². The maximum absolute atomic E-state index is 11.5. The lowest BCUT2D eigenvalue weighted by molar-refractivity contribution is 0.0595. The molecule has 2 heterocycles. The smallest absolute Gasteiger partial charge is 0.358 e. The fourth-order valence-corrected chi connectivity index (χ4v) is 1.84. The summed E-state index contributed by atoms with van der Waals surface area (Å²) >= 11 is 0. The Morgan fingerprint density at radius 2 is 2.11 bits per heavy atom. The van der Waals surface area contributed by atoms with E-state index in [2.05, 4.69) is 35.2 Å². The maximum atomic E-state index is 11.5. The van der Waals surface area contributed by atoms with E-state index in [0.717, 1.165) is 16.8 Å². The molecule has 0 spiro atoms. The number of nitrogens with zero attached hydrogens (tertiary/aromatic N) is 3. The van der Waals surface area contributed by atoms with Crippen LogP contribution in [0.1, 0.15) is 48.4 Å². The lowest BCUT2D eigenvalue weighted by atomic mass is 10.0. The zero-order valence-corrected chi connectivity index (χ0v) is 11.6. The van der Waals surface area contributed by atoms with Crippen molar-refractivity contribution < 1.29 is 9.53 Å². The molecule has 5 nitrogen and oxygen atoms in total. The Morgan fingerprint density at radius 1 is 1.42 bits per heavy atom. The van der Waals surface area contributed by atoms with Crippen molar-refractivity contribution in [2.45, 2.75) is 26.7 Å². The molecule has 0 aromatic carbocycles. The minimum Gasteiger partial charge on any atom is -0.464 e. The normalized spacial score (nSPS) is 11.0. The average Bonchev–Trinajstić information content (AvgIpc) is 2.79. The monoisotopic (exact) mass is 259 g/mol. The molecule has 0 saturated heterocycles. The van der Waals surface area contributed by atoms with Crippen molar-refractivity contribution in [3.63, 3.8) is 0 Å². The van der Waals surface area contributed by atoms with Gasteiger partial charge < -0.3 is 4.74 Å². The van der Waals surface area contributed by atoms with Crippen LogP contribution in [0.4, 0.5) is 0 Å². The van der Waals surface area contributed by atoms with Crippen molar-refractivity contribution >= 4 is 17.2 Å². The highest BCUT2D eigenvalue weighted by atomic mass is 16.5. The number of carbonyl (C=O) groups is 1. The van der Waals surface area contributed by atoms with Crippen LogP contribution in [-0.4, -0.2) is 27.7 Å². The van der Waals surface area contributed by atoms with Crippen LogP contribution in [-0.2, 0) is 4.74 Å². The second kappa shape index (κ2) is 4.84. The molecule has 100 valence electrons. The third-order valence-electron chi connectivity index (χ3n) is 2.91. The number of hydrogen-bond donors (Lipinski definition) is 0. The summed E-state index contributed by atoms with van der Waals surface area (Å²) in [6.07, 6.45) is 1.58. The first kappa shape index (κ1) is 13.3.